The van der Waals surface area contributed by atoms with Crippen LogP contribution in [0.3, 0.4) is 0 Å². The highest BCUT2D eigenvalue weighted by atomic mass is 32.1. The molecule has 2 heterocycles. The third-order valence-electron chi connectivity index (χ3n) is 4.06. The first-order valence-electron chi connectivity index (χ1n) is 8.32. The molecule has 9 heteroatoms. The molecule has 27 heavy (non-hydrogen) atoms. The molecule has 0 aliphatic carbocycles. The van der Waals surface area contributed by atoms with E-state index >= 15 is 0 Å². The fourth-order valence-corrected chi connectivity index (χ4v) is 2.93. The SMILES string of the molecule is CCCOc1ccc(-c2cc3c(ncn3C)c([C@H](N)S)n2)cc1C(F)(F)F. The molecular weight excluding hydrogens is 377 g/mol. The average Bonchev–Trinajstić information content (AvgIpc) is 2.99. The van der Waals surface area contributed by atoms with Crippen LogP contribution in [0.4, 0.5) is 13.2 Å². The van der Waals surface area contributed by atoms with Gasteiger partial charge < -0.3 is 15.0 Å². The first-order chi connectivity index (χ1) is 12.7. The molecule has 1 atom stereocenters. The number of nitrogens with two attached hydrogens (primary N) is 1. The number of aromatic nitrogens is 3. The number of halogens is 3. The van der Waals surface area contributed by atoms with Crippen molar-refractivity contribution in [1.29, 1.82) is 0 Å². The van der Waals surface area contributed by atoms with Crippen LogP contribution < -0.4 is 10.5 Å². The van der Waals surface area contributed by atoms with Crippen molar-refractivity contribution in [2.24, 2.45) is 12.8 Å². The van der Waals surface area contributed by atoms with E-state index in [1.54, 1.807) is 30.1 Å². The van der Waals surface area contributed by atoms with E-state index in [9.17, 15) is 13.2 Å². The van der Waals surface area contributed by atoms with Crippen molar-refractivity contribution in [3.63, 3.8) is 0 Å². The van der Waals surface area contributed by atoms with E-state index in [4.69, 9.17) is 10.5 Å². The van der Waals surface area contributed by atoms with Gasteiger partial charge in [0.1, 0.15) is 11.3 Å². The fraction of sp³-hybridized carbons (Fsp3) is 0.333. The quantitative estimate of drug-likeness (QED) is 0.498. The number of thiol groups is 1. The lowest BCUT2D eigenvalue weighted by Gasteiger charge is -2.16. The van der Waals surface area contributed by atoms with Crippen LogP contribution in [0.15, 0.2) is 30.6 Å². The Kier molecular flexibility index (Phi) is 5.34. The molecule has 3 aromatic rings. The number of nitrogens with zero attached hydrogens (tertiary/aromatic N) is 3. The van der Waals surface area contributed by atoms with Crippen LogP contribution in [-0.2, 0) is 13.2 Å². The van der Waals surface area contributed by atoms with Crippen LogP contribution in [-0.4, -0.2) is 21.1 Å². The van der Waals surface area contributed by atoms with Crippen molar-refractivity contribution in [3.05, 3.63) is 41.9 Å². The van der Waals surface area contributed by atoms with Gasteiger partial charge in [-0.2, -0.15) is 25.8 Å². The molecule has 2 aromatic heterocycles. The van der Waals surface area contributed by atoms with Gasteiger partial charge in [-0.15, -0.1) is 0 Å². The van der Waals surface area contributed by atoms with Crippen molar-refractivity contribution in [2.45, 2.75) is 24.9 Å². The highest BCUT2D eigenvalue weighted by Gasteiger charge is 2.35. The number of hydrogen-bond donors (Lipinski definition) is 2. The van der Waals surface area contributed by atoms with E-state index in [0.717, 1.165) is 6.07 Å². The summed E-state index contributed by atoms with van der Waals surface area (Å²) in [5.74, 6) is -0.194. The average molecular weight is 396 g/mol. The Morgan fingerprint density at radius 3 is 2.67 bits per heavy atom. The molecule has 0 saturated heterocycles. The summed E-state index contributed by atoms with van der Waals surface area (Å²) < 4.78 is 47.5. The summed E-state index contributed by atoms with van der Waals surface area (Å²) in [5.41, 5.74) is 7.39. The monoisotopic (exact) mass is 396 g/mol. The van der Waals surface area contributed by atoms with Crippen molar-refractivity contribution >= 4 is 23.7 Å². The maximum Gasteiger partial charge on any atom is 0.419 e. The lowest BCUT2D eigenvalue weighted by molar-refractivity contribution is -0.138. The summed E-state index contributed by atoms with van der Waals surface area (Å²) in [6.07, 6.45) is -2.34. The molecule has 0 spiro atoms. The second-order valence-electron chi connectivity index (χ2n) is 6.12. The number of pyridine rings is 1. The Labute approximate surface area is 159 Å². The summed E-state index contributed by atoms with van der Waals surface area (Å²) in [6, 6.07) is 5.61. The fourth-order valence-electron chi connectivity index (χ4n) is 2.75. The first-order valence-corrected chi connectivity index (χ1v) is 8.84. The van der Waals surface area contributed by atoms with Gasteiger partial charge in [0, 0.05) is 12.6 Å². The maximum absolute atomic E-state index is 13.5. The Hall–Kier alpha value is -2.26. The van der Waals surface area contributed by atoms with Gasteiger partial charge in [-0.25, -0.2) is 9.97 Å². The van der Waals surface area contributed by atoms with Crippen molar-refractivity contribution < 1.29 is 17.9 Å². The molecular formula is C18H19F3N4OS. The molecule has 0 saturated carbocycles. The summed E-state index contributed by atoms with van der Waals surface area (Å²) in [6.45, 7) is 2.04. The standard InChI is InChI=1S/C18H19F3N4OS/c1-3-6-26-14-5-4-10(7-11(14)18(19,20)21)12-8-13-15(23-9-25(13)2)16(24-12)17(22)27/h4-5,7-9,17,27H,3,6,22H2,1-2H3/t17-/m1/s1. The number of imidazole rings is 1. The zero-order valence-corrected chi connectivity index (χ0v) is 15.7. The van der Waals surface area contributed by atoms with Gasteiger partial charge in [0.15, 0.2) is 0 Å². The molecule has 0 unspecified atom stereocenters. The minimum atomic E-state index is -4.54. The van der Waals surface area contributed by atoms with Crippen molar-refractivity contribution in [1.82, 2.24) is 14.5 Å². The molecule has 0 aliphatic rings. The van der Waals surface area contributed by atoms with Gasteiger partial charge in [0.2, 0.25) is 0 Å². The molecule has 144 valence electrons. The lowest BCUT2D eigenvalue weighted by atomic mass is 10.0. The van der Waals surface area contributed by atoms with E-state index < -0.39 is 17.1 Å². The minimum Gasteiger partial charge on any atom is -0.493 e. The van der Waals surface area contributed by atoms with Gasteiger partial charge >= 0.3 is 6.18 Å². The third-order valence-corrected chi connectivity index (χ3v) is 4.31. The van der Waals surface area contributed by atoms with E-state index in [-0.39, 0.29) is 12.4 Å². The Bertz CT molecular complexity index is 969. The Balaban J connectivity index is 2.17. The molecule has 3 rings (SSSR count). The summed E-state index contributed by atoms with van der Waals surface area (Å²) in [5, 5.41) is -0.711. The number of aryl methyl sites for hydroxylation is 1. The number of alkyl halides is 3. The molecule has 0 radical (unpaired) electrons. The van der Waals surface area contributed by atoms with Gasteiger partial charge in [-0.1, -0.05) is 6.92 Å². The molecule has 2 N–H and O–H groups in total. The molecule has 5 nitrogen and oxygen atoms in total. The topological polar surface area (TPSA) is 66.0 Å². The van der Waals surface area contributed by atoms with E-state index in [0.29, 0.717) is 34.4 Å². The van der Waals surface area contributed by atoms with Crippen LogP contribution >= 0.6 is 12.6 Å². The molecule has 0 amide bonds. The summed E-state index contributed by atoms with van der Waals surface area (Å²) in [7, 11) is 1.79. The molecule has 1 aromatic carbocycles. The molecule has 0 fully saturated rings. The van der Waals surface area contributed by atoms with E-state index in [2.05, 4.69) is 22.6 Å². The zero-order valence-electron chi connectivity index (χ0n) is 14.8. The van der Waals surface area contributed by atoms with Crippen LogP contribution in [0.25, 0.3) is 22.3 Å². The minimum absolute atomic E-state index is 0.194. The predicted molar refractivity (Wildman–Crippen MR) is 101 cm³/mol. The van der Waals surface area contributed by atoms with Crippen LogP contribution in [0.2, 0.25) is 0 Å². The molecule has 0 aliphatic heterocycles. The Morgan fingerprint density at radius 2 is 2.04 bits per heavy atom. The van der Waals surface area contributed by atoms with Gasteiger partial charge in [0.25, 0.3) is 0 Å². The number of hydrogen-bond acceptors (Lipinski definition) is 5. The van der Waals surface area contributed by atoms with Crippen LogP contribution in [0.5, 0.6) is 5.75 Å². The lowest BCUT2D eigenvalue weighted by Crippen LogP contribution is -2.10. The van der Waals surface area contributed by atoms with Crippen molar-refractivity contribution in [3.8, 4) is 17.0 Å². The van der Waals surface area contributed by atoms with E-state index in [1.165, 1.54) is 6.07 Å². The largest absolute Gasteiger partial charge is 0.493 e. The van der Waals surface area contributed by atoms with Crippen molar-refractivity contribution in [2.75, 3.05) is 6.61 Å². The number of ether oxygens (including phenoxy) is 1. The van der Waals surface area contributed by atoms with Gasteiger partial charge in [0.05, 0.1) is 40.8 Å². The number of benzene rings is 1. The summed E-state index contributed by atoms with van der Waals surface area (Å²) in [4.78, 5) is 8.66. The maximum atomic E-state index is 13.5. The predicted octanol–water partition coefficient (Wildman–Crippen LogP) is 4.33. The number of fused-ring (bicyclic) bond motifs is 1. The second kappa shape index (κ2) is 7.40. The van der Waals surface area contributed by atoms with Crippen LogP contribution in [0.1, 0.15) is 30.0 Å². The normalized spacial score (nSPS) is 13.1. The van der Waals surface area contributed by atoms with Crippen LogP contribution in [0, 0.1) is 0 Å². The smallest absolute Gasteiger partial charge is 0.419 e. The first kappa shape index (κ1) is 19.5. The highest BCUT2D eigenvalue weighted by molar-refractivity contribution is 7.80. The Morgan fingerprint density at radius 1 is 1.30 bits per heavy atom. The highest BCUT2D eigenvalue weighted by Crippen LogP contribution is 2.39. The zero-order chi connectivity index (χ0) is 19.8. The van der Waals surface area contributed by atoms with E-state index in [1.807, 2.05) is 6.92 Å². The summed E-state index contributed by atoms with van der Waals surface area (Å²) >= 11 is 4.22. The van der Waals surface area contributed by atoms with Gasteiger partial charge in [-0.3, -0.25) is 0 Å². The second-order valence-corrected chi connectivity index (χ2v) is 6.67. The molecule has 0 bridgehead atoms. The third kappa shape index (κ3) is 3.89. The van der Waals surface area contributed by atoms with Gasteiger partial charge in [-0.05, 0) is 30.7 Å². The number of rotatable bonds is 5.